The maximum atomic E-state index is 13.1. The molecule has 0 spiro atoms. The zero-order valence-electron chi connectivity index (χ0n) is 16.4. The number of hydrogen-bond donors (Lipinski definition) is 0. The summed E-state index contributed by atoms with van der Waals surface area (Å²) >= 11 is 0. The van der Waals surface area contributed by atoms with Crippen LogP contribution in [0, 0.1) is 0 Å². The van der Waals surface area contributed by atoms with Crippen molar-refractivity contribution >= 4 is 21.6 Å². The van der Waals surface area contributed by atoms with Gasteiger partial charge in [-0.3, -0.25) is 9.69 Å². The van der Waals surface area contributed by atoms with Crippen molar-refractivity contribution in [2.24, 2.45) is 0 Å². The molecule has 1 saturated heterocycles. The lowest BCUT2D eigenvalue weighted by Gasteiger charge is -2.32. The maximum absolute atomic E-state index is 13.1. The summed E-state index contributed by atoms with van der Waals surface area (Å²) in [7, 11) is -1.71. The lowest BCUT2D eigenvalue weighted by Crippen LogP contribution is -2.47. The molecule has 2 aromatic rings. The number of carbonyl (C=O) groups excluding carboxylic acids is 1. The zero-order chi connectivity index (χ0) is 20.6. The number of piperazine rings is 1. The summed E-state index contributed by atoms with van der Waals surface area (Å²) in [6.45, 7) is 4.05. The fourth-order valence-electron chi connectivity index (χ4n) is 3.33. The van der Waals surface area contributed by atoms with Crippen molar-refractivity contribution in [1.29, 1.82) is 0 Å². The van der Waals surface area contributed by atoms with Gasteiger partial charge in [0.2, 0.25) is 15.9 Å². The molecular weight excluding hydrogens is 398 g/mol. The minimum Gasteiger partial charge on any atom is -0.482 e. The number of ether oxygens (including phenoxy) is 1. The van der Waals surface area contributed by atoms with E-state index in [1.54, 1.807) is 6.07 Å². The van der Waals surface area contributed by atoms with Crippen molar-refractivity contribution in [3.63, 3.8) is 0 Å². The molecule has 11 heteroatoms. The van der Waals surface area contributed by atoms with Gasteiger partial charge in [0, 0.05) is 32.6 Å². The van der Waals surface area contributed by atoms with Crippen molar-refractivity contribution in [2.75, 3.05) is 44.7 Å². The Bertz CT molecular complexity index is 1010. The van der Waals surface area contributed by atoms with Crippen LogP contribution in [0.5, 0.6) is 5.75 Å². The van der Waals surface area contributed by atoms with Crippen molar-refractivity contribution in [3.8, 4) is 5.75 Å². The van der Waals surface area contributed by atoms with Crippen LogP contribution < -0.4 is 9.64 Å². The van der Waals surface area contributed by atoms with Crippen LogP contribution in [0.2, 0.25) is 0 Å². The fourth-order valence-corrected chi connectivity index (χ4v) is 4.78. The number of rotatable bonds is 5. The fraction of sp³-hybridized carbons (Fsp3) is 0.500. The van der Waals surface area contributed by atoms with E-state index >= 15 is 0 Å². The van der Waals surface area contributed by atoms with E-state index in [1.165, 1.54) is 21.3 Å². The molecule has 0 aliphatic carbocycles. The Labute approximate surface area is 169 Å². The van der Waals surface area contributed by atoms with Gasteiger partial charge < -0.3 is 14.2 Å². The molecule has 1 aromatic carbocycles. The van der Waals surface area contributed by atoms with Gasteiger partial charge in [0.15, 0.2) is 12.4 Å². The first kappa shape index (κ1) is 19.8. The molecule has 0 saturated carbocycles. The number of anilines is 1. The normalized spacial score (nSPS) is 18.6. The second-order valence-electron chi connectivity index (χ2n) is 7.06. The number of fused-ring (bicyclic) bond motifs is 1. The van der Waals surface area contributed by atoms with Crippen LogP contribution in [-0.4, -0.2) is 73.5 Å². The number of carbonyl (C=O) groups is 1. The second-order valence-corrected chi connectivity index (χ2v) is 9.00. The molecule has 10 nitrogen and oxygen atoms in total. The number of amides is 1. The van der Waals surface area contributed by atoms with Gasteiger partial charge in [-0.2, -0.15) is 9.29 Å². The molecule has 29 heavy (non-hydrogen) atoms. The van der Waals surface area contributed by atoms with Crippen molar-refractivity contribution in [3.05, 3.63) is 29.9 Å². The molecule has 2 aliphatic rings. The largest absolute Gasteiger partial charge is 0.482 e. The minimum atomic E-state index is -3.67. The number of likely N-dealkylation sites (N-methyl/N-ethyl adjacent to an activating group) is 1. The van der Waals surface area contributed by atoms with Crippen LogP contribution in [0.25, 0.3) is 0 Å². The van der Waals surface area contributed by atoms with E-state index in [4.69, 9.17) is 9.26 Å². The number of aromatic nitrogens is 2. The van der Waals surface area contributed by atoms with Gasteiger partial charge >= 0.3 is 0 Å². The Morgan fingerprint density at radius 2 is 1.93 bits per heavy atom. The predicted molar refractivity (Wildman–Crippen MR) is 103 cm³/mol. The molecule has 1 fully saturated rings. The lowest BCUT2D eigenvalue weighted by atomic mass is 10.2. The van der Waals surface area contributed by atoms with Gasteiger partial charge in [-0.05, 0) is 25.2 Å². The van der Waals surface area contributed by atoms with Crippen LogP contribution in [0.1, 0.15) is 18.6 Å². The third-order valence-corrected chi connectivity index (χ3v) is 6.98. The first-order chi connectivity index (χ1) is 13.9. The number of sulfonamides is 1. The van der Waals surface area contributed by atoms with Gasteiger partial charge in [0.05, 0.1) is 17.1 Å². The Balaban J connectivity index is 1.65. The Kier molecular flexibility index (Phi) is 5.28. The zero-order valence-corrected chi connectivity index (χ0v) is 17.2. The summed E-state index contributed by atoms with van der Waals surface area (Å²) in [6.07, 6.45) is 0.591. The van der Waals surface area contributed by atoms with E-state index in [1.807, 2.05) is 14.0 Å². The summed E-state index contributed by atoms with van der Waals surface area (Å²) in [5.41, 5.74) is 0.388. The molecule has 156 valence electrons. The van der Waals surface area contributed by atoms with Crippen molar-refractivity contribution in [1.82, 2.24) is 19.3 Å². The topological polar surface area (TPSA) is 109 Å². The SMILES string of the molecule is CCc1nc(CN2C(=O)COc3ccc(S(=O)(=O)N4CCN(C)CC4)cc32)no1. The molecule has 0 radical (unpaired) electrons. The number of benzene rings is 1. The number of hydrogen-bond acceptors (Lipinski definition) is 8. The number of aryl methyl sites for hydroxylation is 1. The summed E-state index contributed by atoms with van der Waals surface area (Å²) < 4.78 is 38.2. The maximum Gasteiger partial charge on any atom is 0.265 e. The Hall–Kier alpha value is -2.50. The molecule has 4 rings (SSSR count). The molecule has 2 aliphatic heterocycles. The smallest absolute Gasteiger partial charge is 0.265 e. The van der Waals surface area contributed by atoms with Crippen molar-refractivity contribution < 1.29 is 22.5 Å². The highest BCUT2D eigenvalue weighted by atomic mass is 32.2. The van der Waals surface area contributed by atoms with E-state index in [9.17, 15) is 13.2 Å². The van der Waals surface area contributed by atoms with E-state index in [2.05, 4.69) is 15.0 Å². The quantitative estimate of drug-likeness (QED) is 0.686. The first-order valence-corrected chi connectivity index (χ1v) is 10.9. The minimum absolute atomic E-state index is 0.0801. The summed E-state index contributed by atoms with van der Waals surface area (Å²) in [6, 6.07) is 4.59. The molecule has 1 amide bonds. The molecule has 0 unspecified atom stereocenters. The highest BCUT2D eigenvalue weighted by molar-refractivity contribution is 7.89. The summed E-state index contributed by atoms with van der Waals surface area (Å²) in [4.78, 5) is 20.4. The molecule has 0 N–H and O–H groups in total. The highest BCUT2D eigenvalue weighted by Gasteiger charge is 2.32. The van der Waals surface area contributed by atoms with Gasteiger partial charge in [0.25, 0.3) is 5.91 Å². The van der Waals surface area contributed by atoms with Crippen LogP contribution in [0.3, 0.4) is 0 Å². The van der Waals surface area contributed by atoms with E-state index < -0.39 is 10.0 Å². The number of nitrogens with zero attached hydrogens (tertiary/aromatic N) is 5. The van der Waals surface area contributed by atoms with Crippen LogP contribution in [-0.2, 0) is 27.8 Å². The molecule has 1 aromatic heterocycles. The van der Waals surface area contributed by atoms with Crippen LogP contribution in [0.4, 0.5) is 5.69 Å². The average Bonchev–Trinajstić information content (AvgIpc) is 3.18. The Morgan fingerprint density at radius 1 is 1.17 bits per heavy atom. The third-order valence-electron chi connectivity index (χ3n) is 5.09. The molecule has 0 atom stereocenters. The standard InChI is InChI=1S/C18H23N5O5S/c1-3-17-19-16(20-28-17)11-23-14-10-13(4-5-15(14)27-12-18(23)24)29(25,26)22-8-6-21(2)7-9-22/h4-5,10H,3,6-9,11-12H2,1-2H3. The van der Waals surface area contributed by atoms with Crippen LogP contribution in [0.15, 0.2) is 27.6 Å². The molecule has 3 heterocycles. The average molecular weight is 421 g/mol. The third kappa shape index (κ3) is 3.85. The molecule has 0 bridgehead atoms. The van der Waals surface area contributed by atoms with Gasteiger partial charge in [0.1, 0.15) is 5.75 Å². The summed E-state index contributed by atoms with van der Waals surface area (Å²) in [5, 5.41) is 3.89. The second kappa shape index (κ2) is 7.73. The summed E-state index contributed by atoms with van der Waals surface area (Å²) in [5.74, 6) is 0.985. The van der Waals surface area contributed by atoms with Crippen molar-refractivity contribution in [2.45, 2.75) is 24.8 Å². The first-order valence-electron chi connectivity index (χ1n) is 9.46. The van der Waals surface area contributed by atoms with Gasteiger partial charge in [-0.25, -0.2) is 8.42 Å². The van der Waals surface area contributed by atoms with Gasteiger partial charge in [-0.15, -0.1) is 0 Å². The molecular formula is C18H23N5O5S. The van der Waals surface area contributed by atoms with E-state index in [0.717, 1.165) is 0 Å². The predicted octanol–water partition coefficient (Wildman–Crippen LogP) is 0.494. The van der Waals surface area contributed by atoms with E-state index in [0.29, 0.717) is 55.8 Å². The van der Waals surface area contributed by atoms with E-state index in [-0.39, 0.29) is 24.0 Å². The highest BCUT2D eigenvalue weighted by Crippen LogP contribution is 2.35. The van der Waals surface area contributed by atoms with Gasteiger partial charge in [-0.1, -0.05) is 12.1 Å². The lowest BCUT2D eigenvalue weighted by molar-refractivity contribution is -0.121. The Morgan fingerprint density at radius 3 is 2.62 bits per heavy atom. The monoisotopic (exact) mass is 421 g/mol. The van der Waals surface area contributed by atoms with Crippen LogP contribution >= 0.6 is 0 Å².